The maximum atomic E-state index is 13.7. The van der Waals surface area contributed by atoms with Gasteiger partial charge in [0.15, 0.2) is 0 Å². The molecule has 0 aliphatic heterocycles. The van der Waals surface area contributed by atoms with Gasteiger partial charge in [-0.05, 0) is 38.5 Å². The zero-order chi connectivity index (χ0) is 11.9. The van der Waals surface area contributed by atoms with Crippen molar-refractivity contribution in [2.75, 3.05) is 0 Å². The largest absolute Gasteiger partial charge is 0.366 e. The van der Waals surface area contributed by atoms with Crippen LogP contribution in [0.4, 0.5) is 4.20 Å². The van der Waals surface area contributed by atoms with E-state index < -0.39 is 6.80 Å². The molecule has 0 aromatic rings. The Morgan fingerprint density at radius 3 is 1.67 bits per heavy atom. The highest BCUT2D eigenvalue weighted by Gasteiger charge is 2.23. The Hall–Kier alpha value is 0.500. The zero-order valence-electron chi connectivity index (χ0n) is 10.0. The van der Waals surface area contributed by atoms with Gasteiger partial charge in [0, 0.05) is 0 Å². The first-order chi connectivity index (χ1) is 6.91. The van der Waals surface area contributed by atoms with Gasteiger partial charge in [0.1, 0.15) is 0 Å². The highest BCUT2D eigenvalue weighted by molar-refractivity contribution is 8.07. The topological polar surface area (TPSA) is 18.5 Å². The molecule has 0 spiro atoms. The number of rotatable bonds is 8. The van der Waals surface area contributed by atoms with Crippen LogP contribution in [0.25, 0.3) is 0 Å². The molecule has 2 unspecified atom stereocenters. The molecule has 2 nitrogen and oxygen atoms in total. The van der Waals surface area contributed by atoms with Gasteiger partial charge in [-0.3, -0.25) is 0 Å². The fourth-order valence-electron chi connectivity index (χ4n) is 1.37. The molecule has 0 rings (SSSR count). The van der Waals surface area contributed by atoms with Crippen molar-refractivity contribution >= 4 is 18.6 Å². The van der Waals surface area contributed by atoms with Crippen LogP contribution in [0.2, 0.25) is 0 Å². The van der Waals surface area contributed by atoms with Crippen molar-refractivity contribution in [2.24, 2.45) is 0 Å². The molecule has 0 N–H and O–H groups in total. The van der Waals surface area contributed by atoms with Gasteiger partial charge in [-0.15, -0.1) is 0 Å². The van der Waals surface area contributed by atoms with Crippen molar-refractivity contribution in [3.05, 3.63) is 0 Å². The summed E-state index contributed by atoms with van der Waals surface area (Å²) in [5.74, 6) is 0. The van der Waals surface area contributed by atoms with Crippen molar-refractivity contribution < 1.29 is 13.2 Å². The fourth-order valence-corrected chi connectivity index (χ4v) is 3.37. The Labute approximate surface area is 97.8 Å². The number of hydrogen-bond donors (Lipinski definition) is 0. The van der Waals surface area contributed by atoms with Gasteiger partial charge in [0.2, 0.25) is 0 Å². The fraction of sp³-hybridized carbons (Fsp3) is 1.00. The van der Waals surface area contributed by atoms with E-state index in [1.807, 2.05) is 27.7 Å². The van der Waals surface area contributed by atoms with Gasteiger partial charge in [-0.1, -0.05) is 26.7 Å². The molecule has 5 heteroatoms. The Morgan fingerprint density at radius 2 is 1.40 bits per heavy atom. The van der Waals surface area contributed by atoms with Gasteiger partial charge in [-0.25, -0.2) is 0 Å². The summed E-state index contributed by atoms with van der Waals surface area (Å²) < 4.78 is 24.0. The summed E-state index contributed by atoms with van der Waals surface area (Å²) in [6, 6.07) is 0. The Morgan fingerprint density at radius 1 is 1.07 bits per heavy atom. The first-order valence-electron chi connectivity index (χ1n) is 5.57. The smallest absolute Gasteiger partial charge is 0.302 e. The van der Waals surface area contributed by atoms with Crippen molar-refractivity contribution in [2.45, 2.75) is 65.6 Å². The Balaban J connectivity index is 4.00. The molecule has 0 fully saturated rings. The van der Waals surface area contributed by atoms with E-state index in [1.54, 1.807) is 0 Å². The van der Waals surface area contributed by atoms with Gasteiger partial charge in [0.05, 0.1) is 12.2 Å². The summed E-state index contributed by atoms with van der Waals surface area (Å²) in [5.41, 5.74) is 0. The molecule has 0 aromatic carbocycles. The summed E-state index contributed by atoms with van der Waals surface area (Å²) in [6.07, 6.45) is 3.24. The third kappa shape index (κ3) is 8.32. The normalized spacial score (nSPS) is 19.5. The summed E-state index contributed by atoms with van der Waals surface area (Å²) >= 11 is 4.72. The molecule has 0 bridgehead atoms. The van der Waals surface area contributed by atoms with Gasteiger partial charge >= 0.3 is 6.80 Å². The van der Waals surface area contributed by atoms with Crippen LogP contribution in [0.15, 0.2) is 0 Å². The van der Waals surface area contributed by atoms with Crippen LogP contribution in [0, 0.1) is 0 Å². The van der Waals surface area contributed by atoms with E-state index >= 15 is 0 Å². The van der Waals surface area contributed by atoms with E-state index in [0.717, 1.165) is 25.7 Å². The molecule has 92 valence electrons. The van der Waals surface area contributed by atoms with Crippen LogP contribution in [-0.4, -0.2) is 12.2 Å². The summed E-state index contributed by atoms with van der Waals surface area (Å²) in [5, 5.41) is 0. The lowest BCUT2D eigenvalue weighted by Gasteiger charge is -2.21. The van der Waals surface area contributed by atoms with Gasteiger partial charge in [-0.2, -0.15) is 4.20 Å². The van der Waals surface area contributed by atoms with Crippen LogP contribution < -0.4 is 0 Å². The first kappa shape index (κ1) is 15.5. The van der Waals surface area contributed by atoms with Crippen LogP contribution in [-0.2, 0) is 20.9 Å². The molecule has 0 radical (unpaired) electrons. The van der Waals surface area contributed by atoms with Crippen LogP contribution in [0.5, 0.6) is 0 Å². The molecule has 0 saturated carbocycles. The van der Waals surface area contributed by atoms with Crippen molar-refractivity contribution in [3.63, 3.8) is 0 Å². The minimum Gasteiger partial charge on any atom is -0.302 e. The maximum absolute atomic E-state index is 13.7. The first-order valence-corrected chi connectivity index (χ1v) is 8.10. The minimum absolute atomic E-state index is 0.153. The van der Waals surface area contributed by atoms with Crippen LogP contribution in [0.1, 0.15) is 53.4 Å². The lowest BCUT2D eigenvalue weighted by Crippen LogP contribution is -2.10. The second-order valence-electron chi connectivity index (χ2n) is 3.84. The minimum atomic E-state index is -3.53. The summed E-state index contributed by atoms with van der Waals surface area (Å²) in [6.45, 7) is 4.19. The van der Waals surface area contributed by atoms with E-state index in [4.69, 9.17) is 20.9 Å². The van der Waals surface area contributed by atoms with Crippen molar-refractivity contribution in [3.8, 4) is 0 Å². The zero-order valence-corrected chi connectivity index (χ0v) is 11.7. The molecule has 0 aliphatic rings. The number of hydrogen-bond acceptors (Lipinski definition) is 3. The predicted molar refractivity (Wildman–Crippen MR) is 66.3 cm³/mol. The van der Waals surface area contributed by atoms with E-state index in [2.05, 4.69) is 0 Å². The molecular formula is C10H22FO2PS. The van der Waals surface area contributed by atoms with E-state index in [1.165, 1.54) is 0 Å². The Bertz CT molecular complexity index is 196. The average Bonchev–Trinajstić information content (AvgIpc) is 2.01. The lowest BCUT2D eigenvalue weighted by atomic mass is 10.2. The molecule has 0 aliphatic carbocycles. The monoisotopic (exact) mass is 256 g/mol. The lowest BCUT2D eigenvalue weighted by molar-refractivity contribution is 0.129. The van der Waals surface area contributed by atoms with Crippen LogP contribution in [0.3, 0.4) is 0 Å². The van der Waals surface area contributed by atoms with Crippen molar-refractivity contribution in [1.29, 1.82) is 0 Å². The Kier molecular flexibility index (Phi) is 7.98. The summed E-state index contributed by atoms with van der Waals surface area (Å²) in [4.78, 5) is 0. The highest BCUT2D eigenvalue weighted by atomic mass is 32.5. The maximum Gasteiger partial charge on any atom is 0.366 e. The van der Waals surface area contributed by atoms with Gasteiger partial charge in [0.25, 0.3) is 0 Å². The van der Waals surface area contributed by atoms with E-state index in [-0.39, 0.29) is 12.2 Å². The van der Waals surface area contributed by atoms with E-state index in [0.29, 0.717) is 0 Å². The standard InChI is InChI=1S/C10H22FO2PS/c1-5-7-9(3)12-14(11,15)13-10(4)8-6-2/h9-10H,5-8H2,1-4H3. The molecule has 0 amide bonds. The van der Waals surface area contributed by atoms with Gasteiger partial charge < -0.3 is 9.05 Å². The van der Waals surface area contributed by atoms with E-state index in [9.17, 15) is 4.20 Å². The number of halogens is 1. The quantitative estimate of drug-likeness (QED) is 0.592. The molecule has 15 heavy (non-hydrogen) atoms. The SMILES string of the molecule is CCCC(C)OP(F)(=S)OC(C)CCC. The average molecular weight is 256 g/mol. The second-order valence-corrected chi connectivity index (χ2v) is 6.43. The third-order valence-corrected chi connectivity index (χ3v) is 3.74. The second kappa shape index (κ2) is 7.72. The molecule has 0 saturated heterocycles. The molecular weight excluding hydrogens is 234 g/mol. The molecule has 0 aromatic heterocycles. The predicted octanol–water partition coefficient (Wildman–Crippen LogP) is 4.59. The van der Waals surface area contributed by atoms with Crippen LogP contribution >= 0.6 is 6.80 Å². The molecule has 0 heterocycles. The molecule has 2 atom stereocenters. The highest BCUT2D eigenvalue weighted by Crippen LogP contribution is 2.53. The van der Waals surface area contributed by atoms with Crippen molar-refractivity contribution in [1.82, 2.24) is 0 Å². The third-order valence-electron chi connectivity index (χ3n) is 2.00. The summed E-state index contributed by atoms with van der Waals surface area (Å²) in [7, 11) is 0.